The summed E-state index contributed by atoms with van der Waals surface area (Å²) < 4.78 is 5.37. The fraction of sp³-hybridized carbons (Fsp3) is 0.588. The molecule has 1 aromatic rings. The van der Waals surface area contributed by atoms with Crippen LogP contribution < -0.4 is 10.1 Å². The number of aliphatic hydroxyl groups is 1. The molecule has 0 aromatic heterocycles. The first-order valence-corrected chi connectivity index (χ1v) is 7.66. The van der Waals surface area contributed by atoms with Gasteiger partial charge in [0, 0.05) is 19.6 Å². The standard InChI is InChI=1S/C17H28N2O3/c1-12(2)15(18-17(21)19(4)11-13(3)20)10-14-8-6-7-9-16(14)22-5/h6-9,12-13,15,20H,10-11H2,1-5H3,(H,18,21). The number of nitrogens with one attached hydrogen (secondary N) is 1. The van der Waals surface area contributed by atoms with Crippen LogP contribution in [-0.4, -0.2) is 48.9 Å². The van der Waals surface area contributed by atoms with Crippen molar-refractivity contribution in [3.8, 4) is 5.75 Å². The Labute approximate surface area is 133 Å². The molecule has 2 unspecified atom stereocenters. The number of aliphatic hydroxyl groups excluding tert-OH is 1. The Balaban J connectivity index is 2.76. The lowest BCUT2D eigenvalue weighted by Crippen LogP contribution is -2.47. The van der Waals surface area contributed by atoms with E-state index in [1.165, 1.54) is 4.90 Å². The van der Waals surface area contributed by atoms with Gasteiger partial charge in [-0.3, -0.25) is 0 Å². The maximum Gasteiger partial charge on any atom is 0.317 e. The molecule has 2 atom stereocenters. The summed E-state index contributed by atoms with van der Waals surface area (Å²) in [6, 6.07) is 7.67. The number of hydrogen-bond acceptors (Lipinski definition) is 3. The van der Waals surface area contributed by atoms with E-state index in [2.05, 4.69) is 19.2 Å². The minimum absolute atomic E-state index is 0.000231. The molecule has 0 radical (unpaired) electrons. The van der Waals surface area contributed by atoms with E-state index in [0.717, 1.165) is 11.3 Å². The lowest BCUT2D eigenvalue weighted by atomic mass is 9.96. The highest BCUT2D eigenvalue weighted by Gasteiger charge is 2.20. The van der Waals surface area contributed by atoms with Crippen LogP contribution in [0.1, 0.15) is 26.3 Å². The van der Waals surface area contributed by atoms with Crippen LogP contribution in [0.2, 0.25) is 0 Å². The summed E-state index contributed by atoms with van der Waals surface area (Å²) in [5.74, 6) is 1.12. The number of ether oxygens (including phenoxy) is 1. The number of rotatable bonds is 7. The van der Waals surface area contributed by atoms with Crippen LogP contribution in [-0.2, 0) is 6.42 Å². The van der Waals surface area contributed by atoms with Crippen LogP contribution in [0, 0.1) is 5.92 Å². The number of urea groups is 1. The largest absolute Gasteiger partial charge is 0.496 e. The molecule has 0 aliphatic carbocycles. The third kappa shape index (κ3) is 5.56. The zero-order chi connectivity index (χ0) is 16.7. The van der Waals surface area contributed by atoms with E-state index >= 15 is 0 Å². The maximum atomic E-state index is 12.2. The first-order chi connectivity index (χ1) is 10.3. The van der Waals surface area contributed by atoms with Crippen molar-refractivity contribution in [2.75, 3.05) is 20.7 Å². The van der Waals surface area contributed by atoms with Gasteiger partial charge in [-0.1, -0.05) is 32.0 Å². The van der Waals surface area contributed by atoms with Gasteiger partial charge >= 0.3 is 6.03 Å². The smallest absolute Gasteiger partial charge is 0.317 e. The molecule has 0 saturated carbocycles. The summed E-state index contributed by atoms with van der Waals surface area (Å²) in [6.07, 6.45) is 0.165. The van der Waals surface area contributed by atoms with E-state index in [1.54, 1.807) is 21.1 Å². The van der Waals surface area contributed by atoms with Crippen LogP contribution >= 0.6 is 0 Å². The Morgan fingerprint density at radius 1 is 1.32 bits per heavy atom. The van der Waals surface area contributed by atoms with Gasteiger partial charge in [0.25, 0.3) is 0 Å². The molecule has 0 fully saturated rings. The second-order valence-electron chi connectivity index (χ2n) is 6.05. The van der Waals surface area contributed by atoms with Gasteiger partial charge in [-0.2, -0.15) is 0 Å². The molecular weight excluding hydrogens is 280 g/mol. The minimum Gasteiger partial charge on any atom is -0.496 e. The van der Waals surface area contributed by atoms with Crippen molar-refractivity contribution >= 4 is 6.03 Å². The highest BCUT2D eigenvalue weighted by Crippen LogP contribution is 2.21. The van der Waals surface area contributed by atoms with Gasteiger partial charge in [-0.25, -0.2) is 4.79 Å². The summed E-state index contributed by atoms with van der Waals surface area (Å²) in [6.45, 7) is 6.13. The van der Waals surface area contributed by atoms with Gasteiger partial charge < -0.3 is 20.1 Å². The summed E-state index contributed by atoms with van der Waals surface area (Å²) >= 11 is 0. The van der Waals surface area contributed by atoms with Gasteiger partial charge in [-0.15, -0.1) is 0 Å². The Kier molecular flexibility index (Phi) is 7.18. The van der Waals surface area contributed by atoms with Crippen LogP contribution in [0.5, 0.6) is 5.75 Å². The summed E-state index contributed by atoms with van der Waals surface area (Å²) in [7, 11) is 3.33. The number of carbonyl (C=O) groups is 1. The first kappa shape index (κ1) is 18.3. The number of likely N-dealkylation sites (N-methyl/N-ethyl adjacent to an activating group) is 1. The van der Waals surface area contributed by atoms with Crippen molar-refractivity contribution in [2.45, 2.75) is 39.3 Å². The molecular formula is C17H28N2O3. The number of amides is 2. The van der Waals surface area contributed by atoms with Crippen LogP contribution in [0.25, 0.3) is 0 Å². The highest BCUT2D eigenvalue weighted by molar-refractivity contribution is 5.74. The quantitative estimate of drug-likeness (QED) is 0.812. The third-order valence-electron chi connectivity index (χ3n) is 3.63. The molecule has 1 aromatic carbocycles. The lowest BCUT2D eigenvalue weighted by Gasteiger charge is -2.27. The Morgan fingerprint density at radius 2 is 1.95 bits per heavy atom. The van der Waals surface area contributed by atoms with Gasteiger partial charge in [0.15, 0.2) is 0 Å². The number of carbonyl (C=O) groups excluding carboxylic acids is 1. The maximum absolute atomic E-state index is 12.2. The zero-order valence-electron chi connectivity index (χ0n) is 14.2. The highest BCUT2D eigenvalue weighted by atomic mass is 16.5. The van der Waals surface area contributed by atoms with E-state index < -0.39 is 6.10 Å². The number of benzene rings is 1. The molecule has 0 heterocycles. The van der Waals surface area contributed by atoms with Gasteiger partial charge in [0.05, 0.1) is 13.2 Å². The number of nitrogens with zero attached hydrogens (tertiary/aromatic N) is 1. The Hall–Kier alpha value is -1.75. The van der Waals surface area contributed by atoms with Crippen LogP contribution in [0.3, 0.4) is 0 Å². The molecule has 5 heteroatoms. The third-order valence-corrected chi connectivity index (χ3v) is 3.63. The number of para-hydroxylation sites is 1. The fourth-order valence-electron chi connectivity index (χ4n) is 2.31. The topological polar surface area (TPSA) is 61.8 Å². The van der Waals surface area contributed by atoms with Crippen molar-refractivity contribution < 1.29 is 14.6 Å². The molecule has 0 aliphatic rings. The summed E-state index contributed by atoms with van der Waals surface area (Å²) in [5.41, 5.74) is 1.07. The number of hydrogen-bond donors (Lipinski definition) is 2. The monoisotopic (exact) mass is 308 g/mol. The first-order valence-electron chi connectivity index (χ1n) is 7.66. The predicted molar refractivity (Wildman–Crippen MR) is 88.2 cm³/mol. The molecule has 1 rings (SSSR count). The molecule has 2 N–H and O–H groups in total. The SMILES string of the molecule is COc1ccccc1CC(NC(=O)N(C)CC(C)O)C(C)C. The molecule has 5 nitrogen and oxygen atoms in total. The molecule has 0 aliphatic heterocycles. The molecule has 22 heavy (non-hydrogen) atoms. The molecule has 0 spiro atoms. The molecule has 124 valence electrons. The lowest BCUT2D eigenvalue weighted by molar-refractivity contribution is 0.141. The average Bonchev–Trinajstić information content (AvgIpc) is 2.46. The number of methoxy groups -OCH3 is 1. The van der Waals surface area contributed by atoms with E-state index in [0.29, 0.717) is 13.0 Å². The van der Waals surface area contributed by atoms with Crippen molar-refractivity contribution in [1.29, 1.82) is 0 Å². The second kappa shape index (κ2) is 8.63. The molecule has 2 amide bonds. The van der Waals surface area contributed by atoms with Crippen LogP contribution in [0.15, 0.2) is 24.3 Å². The van der Waals surface area contributed by atoms with Crippen LogP contribution in [0.4, 0.5) is 4.79 Å². The van der Waals surface area contributed by atoms with E-state index in [-0.39, 0.29) is 18.0 Å². The minimum atomic E-state index is -0.539. The second-order valence-corrected chi connectivity index (χ2v) is 6.05. The van der Waals surface area contributed by atoms with Crippen molar-refractivity contribution in [3.63, 3.8) is 0 Å². The summed E-state index contributed by atoms with van der Waals surface area (Å²) in [5, 5.41) is 12.4. The van der Waals surface area contributed by atoms with E-state index in [9.17, 15) is 9.90 Å². The van der Waals surface area contributed by atoms with E-state index in [4.69, 9.17) is 4.74 Å². The predicted octanol–water partition coefficient (Wildman–Crippen LogP) is 2.28. The fourth-order valence-corrected chi connectivity index (χ4v) is 2.31. The normalized spacial score (nSPS) is 13.6. The molecule has 0 bridgehead atoms. The molecule has 0 saturated heterocycles. The van der Waals surface area contributed by atoms with E-state index in [1.807, 2.05) is 24.3 Å². The van der Waals surface area contributed by atoms with Gasteiger partial charge in [0.2, 0.25) is 0 Å². The Bertz CT molecular complexity index is 475. The van der Waals surface area contributed by atoms with Gasteiger partial charge in [0.1, 0.15) is 5.75 Å². The Morgan fingerprint density at radius 3 is 2.50 bits per heavy atom. The zero-order valence-corrected chi connectivity index (χ0v) is 14.2. The van der Waals surface area contributed by atoms with Crippen molar-refractivity contribution in [3.05, 3.63) is 29.8 Å². The summed E-state index contributed by atoms with van der Waals surface area (Å²) in [4.78, 5) is 13.7. The van der Waals surface area contributed by atoms with Gasteiger partial charge in [-0.05, 0) is 30.9 Å². The average molecular weight is 308 g/mol. The van der Waals surface area contributed by atoms with Crippen molar-refractivity contribution in [1.82, 2.24) is 10.2 Å². The van der Waals surface area contributed by atoms with Crippen molar-refractivity contribution in [2.24, 2.45) is 5.92 Å².